The zero-order valence-electron chi connectivity index (χ0n) is 5.86. The van der Waals surface area contributed by atoms with Gasteiger partial charge in [0.25, 0.3) is 0 Å². The van der Waals surface area contributed by atoms with Crippen molar-refractivity contribution in [1.82, 2.24) is 0 Å². The zero-order valence-corrected chi connectivity index (χ0v) is 5.86. The highest BCUT2D eigenvalue weighted by atomic mass is 16.7. The topological polar surface area (TPSA) is 58.9 Å². The molecule has 4 nitrogen and oxygen atoms in total. The lowest BCUT2D eigenvalue weighted by molar-refractivity contribution is -0.153. The van der Waals surface area contributed by atoms with Crippen molar-refractivity contribution in [2.75, 3.05) is 13.7 Å². The van der Waals surface area contributed by atoms with Crippen LogP contribution >= 0.6 is 0 Å². The fourth-order valence-corrected chi connectivity index (χ4v) is 1.05. The Labute approximate surface area is 59.4 Å². The van der Waals surface area contributed by atoms with Crippen molar-refractivity contribution >= 4 is 0 Å². The molecule has 1 fully saturated rings. The van der Waals surface area contributed by atoms with Gasteiger partial charge in [-0.05, 0) is 0 Å². The Bertz CT molecular complexity index is 106. The lowest BCUT2D eigenvalue weighted by atomic mass is 10.2. The molecule has 4 heteroatoms. The zero-order chi connectivity index (χ0) is 7.56. The minimum absolute atomic E-state index is 0.0586. The maximum Gasteiger partial charge on any atom is 0.183 e. The van der Waals surface area contributed by atoms with Crippen molar-refractivity contribution in [3.05, 3.63) is 0 Å². The fraction of sp³-hybridized carbons (Fsp3) is 1.00. The van der Waals surface area contributed by atoms with E-state index in [1.165, 1.54) is 7.11 Å². The molecule has 3 atom stereocenters. The van der Waals surface area contributed by atoms with Crippen molar-refractivity contribution < 1.29 is 19.7 Å². The second kappa shape index (κ2) is 3.30. The highest BCUT2D eigenvalue weighted by molar-refractivity contribution is 4.75. The number of hydrogen-bond donors (Lipinski definition) is 2. The van der Waals surface area contributed by atoms with Gasteiger partial charge in [0.2, 0.25) is 0 Å². The molecule has 0 aromatic carbocycles. The van der Waals surface area contributed by atoms with E-state index in [1.54, 1.807) is 0 Å². The summed E-state index contributed by atoms with van der Waals surface area (Å²) in [5.41, 5.74) is 0. The molecule has 60 valence electrons. The third-order valence-electron chi connectivity index (χ3n) is 1.58. The largest absolute Gasteiger partial charge is 0.394 e. The van der Waals surface area contributed by atoms with Gasteiger partial charge in [0.1, 0.15) is 6.10 Å². The number of hydrogen-bond acceptors (Lipinski definition) is 4. The average Bonchev–Trinajstić information content (AvgIpc) is 2.30. The van der Waals surface area contributed by atoms with Gasteiger partial charge in [-0.3, -0.25) is 0 Å². The predicted molar refractivity (Wildman–Crippen MR) is 33.4 cm³/mol. The van der Waals surface area contributed by atoms with E-state index in [0.717, 1.165) is 0 Å². The van der Waals surface area contributed by atoms with E-state index in [2.05, 4.69) is 0 Å². The maximum absolute atomic E-state index is 9.13. The minimum Gasteiger partial charge on any atom is -0.394 e. The molecule has 0 aromatic rings. The molecule has 0 unspecified atom stereocenters. The number of aliphatic hydroxyl groups is 2. The summed E-state index contributed by atoms with van der Waals surface area (Å²) in [7, 11) is 1.47. The molecule has 0 bridgehead atoms. The summed E-state index contributed by atoms with van der Waals surface area (Å²) in [4.78, 5) is 0. The van der Waals surface area contributed by atoms with Crippen LogP contribution in [-0.2, 0) is 9.47 Å². The first-order valence-electron chi connectivity index (χ1n) is 3.25. The van der Waals surface area contributed by atoms with E-state index >= 15 is 0 Å². The van der Waals surface area contributed by atoms with Crippen molar-refractivity contribution in [2.24, 2.45) is 0 Å². The van der Waals surface area contributed by atoms with Crippen LogP contribution in [0.25, 0.3) is 0 Å². The Morgan fingerprint density at radius 2 is 2.40 bits per heavy atom. The van der Waals surface area contributed by atoms with Crippen LogP contribution in [0.3, 0.4) is 0 Å². The third-order valence-corrected chi connectivity index (χ3v) is 1.58. The molecular formula is C6H12O4. The summed E-state index contributed by atoms with van der Waals surface area (Å²) in [5.74, 6) is 0. The van der Waals surface area contributed by atoms with Crippen LogP contribution in [0.15, 0.2) is 0 Å². The van der Waals surface area contributed by atoms with Crippen LogP contribution in [0.4, 0.5) is 0 Å². The van der Waals surface area contributed by atoms with E-state index < -0.39 is 12.4 Å². The Kier molecular flexibility index (Phi) is 2.62. The summed E-state index contributed by atoms with van der Waals surface area (Å²) in [6.45, 7) is -0.0586. The summed E-state index contributed by atoms with van der Waals surface area (Å²) >= 11 is 0. The molecule has 0 radical (unpaired) electrons. The van der Waals surface area contributed by atoms with Crippen molar-refractivity contribution in [3.8, 4) is 0 Å². The summed E-state index contributed by atoms with van der Waals surface area (Å²) in [6.07, 6.45) is -0.964. The van der Waals surface area contributed by atoms with Gasteiger partial charge in [0.05, 0.1) is 12.7 Å². The highest BCUT2D eigenvalue weighted by Crippen LogP contribution is 2.19. The molecule has 0 saturated carbocycles. The molecule has 0 aromatic heterocycles. The Hall–Kier alpha value is -0.160. The van der Waals surface area contributed by atoms with Gasteiger partial charge in [0.15, 0.2) is 6.29 Å². The molecule has 10 heavy (non-hydrogen) atoms. The third kappa shape index (κ3) is 1.46. The average molecular weight is 148 g/mol. The molecule has 0 spiro atoms. The van der Waals surface area contributed by atoms with Gasteiger partial charge in [-0.15, -0.1) is 0 Å². The smallest absolute Gasteiger partial charge is 0.183 e. The Morgan fingerprint density at radius 3 is 2.70 bits per heavy atom. The van der Waals surface area contributed by atoms with E-state index in [1.807, 2.05) is 0 Å². The van der Waals surface area contributed by atoms with Crippen molar-refractivity contribution in [2.45, 2.75) is 24.9 Å². The molecule has 1 aliphatic heterocycles. The summed E-state index contributed by atoms with van der Waals surface area (Å²) < 4.78 is 9.82. The van der Waals surface area contributed by atoms with Gasteiger partial charge in [-0.1, -0.05) is 0 Å². The highest BCUT2D eigenvalue weighted by Gasteiger charge is 2.33. The van der Waals surface area contributed by atoms with E-state index in [0.29, 0.717) is 6.42 Å². The van der Waals surface area contributed by atoms with Crippen LogP contribution in [0.1, 0.15) is 6.42 Å². The normalized spacial score (nSPS) is 40.5. The first-order valence-corrected chi connectivity index (χ1v) is 3.25. The van der Waals surface area contributed by atoms with Crippen molar-refractivity contribution in [3.63, 3.8) is 0 Å². The number of rotatable bonds is 2. The van der Waals surface area contributed by atoms with E-state index in [4.69, 9.17) is 19.7 Å². The Balaban J connectivity index is 2.36. The molecule has 0 aliphatic carbocycles. The summed E-state index contributed by atoms with van der Waals surface area (Å²) in [5, 5.41) is 17.7. The summed E-state index contributed by atoms with van der Waals surface area (Å²) in [6, 6.07) is 0. The van der Waals surface area contributed by atoms with Crippen LogP contribution < -0.4 is 0 Å². The second-order valence-corrected chi connectivity index (χ2v) is 2.35. The second-order valence-electron chi connectivity index (χ2n) is 2.35. The molecule has 0 amide bonds. The predicted octanol–water partition coefficient (Wildman–Crippen LogP) is -0.899. The number of ether oxygens (including phenoxy) is 2. The van der Waals surface area contributed by atoms with E-state index in [9.17, 15) is 0 Å². The maximum atomic E-state index is 9.13. The Morgan fingerprint density at radius 1 is 1.70 bits per heavy atom. The molecule has 1 rings (SSSR count). The SMILES string of the molecule is CO[C@H]1O[C@@H](CO)C[C@@H]1O. The molecule has 2 N–H and O–H groups in total. The standard InChI is InChI=1S/C6H12O4/c1-9-6-5(8)2-4(3-7)10-6/h4-8H,2-3H2,1H3/t4-,5+,6+/m1/s1. The van der Waals surface area contributed by atoms with Gasteiger partial charge >= 0.3 is 0 Å². The minimum atomic E-state index is -0.595. The van der Waals surface area contributed by atoms with Crippen LogP contribution in [0, 0.1) is 0 Å². The van der Waals surface area contributed by atoms with Crippen molar-refractivity contribution in [1.29, 1.82) is 0 Å². The van der Waals surface area contributed by atoms with Gasteiger partial charge < -0.3 is 19.7 Å². The lowest BCUT2D eigenvalue weighted by Crippen LogP contribution is -2.22. The molecule has 1 saturated heterocycles. The molecular weight excluding hydrogens is 136 g/mol. The molecule has 1 heterocycles. The van der Waals surface area contributed by atoms with Gasteiger partial charge in [-0.2, -0.15) is 0 Å². The molecule has 1 aliphatic rings. The van der Waals surface area contributed by atoms with Crippen LogP contribution in [-0.4, -0.2) is 42.4 Å². The van der Waals surface area contributed by atoms with Crippen LogP contribution in [0.5, 0.6) is 0 Å². The van der Waals surface area contributed by atoms with E-state index in [-0.39, 0.29) is 12.7 Å². The number of methoxy groups -OCH3 is 1. The van der Waals surface area contributed by atoms with Crippen LogP contribution in [0.2, 0.25) is 0 Å². The monoisotopic (exact) mass is 148 g/mol. The number of aliphatic hydroxyl groups excluding tert-OH is 2. The quantitative estimate of drug-likeness (QED) is 0.533. The lowest BCUT2D eigenvalue weighted by Gasteiger charge is -2.10. The van der Waals surface area contributed by atoms with Gasteiger partial charge in [-0.25, -0.2) is 0 Å². The van der Waals surface area contributed by atoms with Gasteiger partial charge in [0, 0.05) is 13.5 Å². The first-order chi connectivity index (χ1) is 4.77. The fourth-order valence-electron chi connectivity index (χ4n) is 1.05. The first kappa shape index (κ1) is 7.94.